The van der Waals surface area contributed by atoms with Crippen LogP contribution in [0.25, 0.3) is 10.9 Å². The highest BCUT2D eigenvalue weighted by atomic mass is 16.6. The van der Waals surface area contributed by atoms with Crippen molar-refractivity contribution in [2.24, 2.45) is 5.73 Å². The van der Waals surface area contributed by atoms with Gasteiger partial charge in [-0.15, -0.1) is 0 Å². The highest BCUT2D eigenvalue weighted by Gasteiger charge is 2.47. The molecule has 1 fully saturated rings. The number of hydrogen-bond donors (Lipinski definition) is 3. The molecule has 222 valence electrons. The fourth-order valence-electron chi connectivity index (χ4n) is 6.43. The Labute approximate surface area is 249 Å². The van der Waals surface area contributed by atoms with Crippen molar-refractivity contribution >= 4 is 39.9 Å². The van der Waals surface area contributed by atoms with Crippen molar-refractivity contribution in [2.75, 3.05) is 24.5 Å². The molecule has 1 atom stereocenters. The summed E-state index contributed by atoms with van der Waals surface area (Å²) in [5.41, 5.74) is 8.52. The van der Waals surface area contributed by atoms with Crippen molar-refractivity contribution in [3.8, 4) is 0 Å². The van der Waals surface area contributed by atoms with Crippen LogP contribution >= 0.6 is 0 Å². The number of para-hydroxylation sites is 2. The molecule has 2 amide bonds. The second kappa shape index (κ2) is 10.8. The molecule has 1 saturated heterocycles. The van der Waals surface area contributed by atoms with Crippen LogP contribution in [0.3, 0.4) is 0 Å². The number of likely N-dealkylation sites (tertiary alicyclic amines) is 1. The van der Waals surface area contributed by atoms with Crippen LogP contribution in [0, 0.1) is 10.1 Å². The van der Waals surface area contributed by atoms with E-state index in [1.807, 2.05) is 58.5 Å². The van der Waals surface area contributed by atoms with E-state index >= 15 is 0 Å². The third-order valence-corrected chi connectivity index (χ3v) is 8.77. The van der Waals surface area contributed by atoms with Crippen LogP contribution in [0.2, 0.25) is 0 Å². The molecule has 2 aromatic carbocycles. The molecule has 11 heteroatoms. The minimum Gasteiger partial charge on any atom is -0.361 e. The van der Waals surface area contributed by atoms with E-state index in [1.54, 1.807) is 26.1 Å². The second-order valence-electron chi connectivity index (χ2n) is 12.1. The SMILES string of the molecule is CC(C)(N)C(=O)NC(Cc1c[nH]c2ccccc12)C(=O)N1CCC2(CC1)CN(c1ncccc1[N+](=O)[O-])c1ccccc12. The Morgan fingerprint density at radius 1 is 1.12 bits per heavy atom. The fraction of sp³-hybridized carbons (Fsp3) is 0.344. The van der Waals surface area contributed by atoms with Crippen molar-refractivity contribution in [3.63, 3.8) is 0 Å². The Balaban J connectivity index is 1.25. The minimum atomic E-state index is -1.14. The molecule has 2 aliphatic rings. The van der Waals surface area contributed by atoms with Gasteiger partial charge < -0.3 is 25.8 Å². The van der Waals surface area contributed by atoms with Gasteiger partial charge in [-0.2, -0.15) is 0 Å². The number of amides is 2. The summed E-state index contributed by atoms with van der Waals surface area (Å²) in [6, 6.07) is 18.1. The van der Waals surface area contributed by atoms with Crippen LogP contribution in [0.15, 0.2) is 73.1 Å². The summed E-state index contributed by atoms with van der Waals surface area (Å²) in [7, 11) is 0. The van der Waals surface area contributed by atoms with Gasteiger partial charge in [0, 0.05) is 66.5 Å². The first-order valence-corrected chi connectivity index (χ1v) is 14.5. The van der Waals surface area contributed by atoms with Gasteiger partial charge in [0.15, 0.2) is 0 Å². The molecule has 4 heterocycles. The molecular formula is C32H35N7O4. The third-order valence-electron chi connectivity index (χ3n) is 8.77. The standard InChI is InChI=1S/C32H35N7O4/c1-31(2,33)30(41)36-25(18-21-19-35-24-10-5-3-8-22(21)24)29(40)37-16-13-32(14-17-37)20-38(26-11-6-4-9-23(26)32)28-27(39(42)43)12-7-15-34-28/h3-12,15,19,25,35H,13-14,16-18,20,33H2,1-2H3,(H,36,41). The van der Waals surface area contributed by atoms with Gasteiger partial charge in [0.2, 0.25) is 17.6 Å². The predicted molar refractivity (Wildman–Crippen MR) is 164 cm³/mol. The number of hydrogen-bond acceptors (Lipinski definition) is 7. The number of nitrogens with one attached hydrogen (secondary N) is 2. The number of nitrogens with zero attached hydrogens (tertiary/aromatic N) is 4. The summed E-state index contributed by atoms with van der Waals surface area (Å²) in [4.78, 5) is 49.8. The van der Waals surface area contributed by atoms with Gasteiger partial charge in [-0.1, -0.05) is 36.4 Å². The van der Waals surface area contributed by atoms with Gasteiger partial charge in [-0.25, -0.2) is 4.98 Å². The molecule has 1 unspecified atom stereocenters. The molecule has 2 aliphatic heterocycles. The average molecular weight is 582 g/mol. The summed E-state index contributed by atoms with van der Waals surface area (Å²) in [5.74, 6) is -0.223. The van der Waals surface area contributed by atoms with E-state index in [9.17, 15) is 19.7 Å². The molecular weight excluding hydrogens is 546 g/mol. The molecule has 11 nitrogen and oxygen atoms in total. The number of pyridine rings is 1. The number of carbonyl (C=O) groups excluding carboxylic acids is 2. The largest absolute Gasteiger partial charge is 0.361 e. The number of piperidine rings is 1. The van der Waals surface area contributed by atoms with Gasteiger partial charge >= 0.3 is 5.69 Å². The molecule has 0 bridgehead atoms. The number of carbonyl (C=O) groups is 2. The summed E-state index contributed by atoms with van der Waals surface area (Å²) in [5, 5.41) is 15.8. The lowest BCUT2D eigenvalue weighted by molar-refractivity contribution is -0.384. The highest BCUT2D eigenvalue weighted by Crippen LogP contribution is 2.50. The number of nitro groups is 1. The van der Waals surface area contributed by atoms with E-state index in [2.05, 4.69) is 21.4 Å². The van der Waals surface area contributed by atoms with E-state index in [4.69, 9.17) is 5.73 Å². The summed E-state index contributed by atoms with van der Waals surface area (Å²) >= 11 is 0. The molecule has 2 aromatic heterocycles. The molecule has 6 rings (SSSR count). The van der Waals surface area contributed by atoms with E-state index in [-0.39, 0.29) is 17.0 Å². The number of aromatic amines is 1. The zero-order valence-corrected chi connectivity index (χ0v) is 24.2. The monoisotopic (exact) mass is 581 g/mol. The summed E-state index contributed by atoms with van der Waals surface area (Å²) < 4.78 is 0. The fourth-order valence-corrected chi connectivity index (χ4v) is 6.43. The second-order valence-corrected chi connectivity index (χ2v) is 12.1. The zero-order chi connectivity index (χ0) is 30.4. The Morgan fingerprint density at radius 2 is 1.84 bits per heavy atom. The van der Waals surface area contributed by atoms with Crippen LogP contribution < -0.4 is 16.0 Å². The average Bonchev–Trinajstić information content (AvgIpc) is 3.55. The molecule has 43 heavy (non-hydrogen) atoms. The Hall–Kier alpha value is -4.77. The van der Waals surface area contributed by atoms with Crippen LogP contribution in [-0.2, 0) is 21.4 Å². The van der Waals surface area contributed by atoms with Gasteiger partial charge in [0.1, 0.15) is 6.04 Å². The van der Waals surface area contributed by atoms with Crippen LogP contribution in [0.4, 0.5) is 17.2 Å². The maximum Gasteiger partial charge on any atom is 0.311 e. The van der Waals surface area contributed by atoms with Crippen LogP contribution in [0.1, 0.15) is 37.8 Å². The molecule has 4 N–H and O–H groups in total. The molecule has 1 spiro atoms. The number of benzene rings is 2. The number of nitrogens with two attached hydrogens (primary N) is 1. The molecule has 0 radical (unpaired) electrons. The van der Waals surface area contributed by atoms with Crippen molar-refractivity contribution in [3.05, 3.63) is 94.3 Å². The maximum absolute atomic E-state index is 14.0. The smallest absolute Gasteiger partial charge is 0.311 e. The van der Waals surface area contributed by atoms with E-state index in [1.165, 1.54) is 6.07 Å². The number of anilines is 2. The third kappa shape index (κ3) is 5.20. The van der Waals surface area contributed by atoms with E-state index < -0.39 is 22.4 Å². The van der Waals surface area contributed by atoms with Crippen molar-refractivity contribution in [1.29, 1.82) is 0 Å². The Bertz CT molecular complexity index is 1700. The van der Waals surface area contributed by atoms with Gasteiger partial charge in [0.05, 0.1) is 10.5 Å². The Morgan fingerprint density at radius 3 is 2.58 bits per heavy atom. The Kier molecular flexibility index (Phi) is 7.13. The van der Waals surface area contributed by atoms with Crippen molar-refractivity contribution < 1.29 is 14.5 Å². The van der Waals surface area contributed by atoms with Crippen molar-refractivity contribution in [2.45, 2.75) is 50.1 Å². The number of H-pyrrole nitrogens is 1. The quantitative estimate of drug-likeness (QED) is 0.221. The summed E-state index contributed by atoms with van der Waals surface area (Å²) in [6.07, 6.45) is 5.12. The van der Waals surface area contributed by atoms with Gasteiger partial charge in [0.25, 0.3) is 0 Å². The predicted octanol–water partition coefficient (Wildman–Crippen LogP) is 3.95. The van der Waals surface area contributed by atoms with Gasteiger partial charge in [-0.05, 0) is 56.0 Å². The normalized spacial score (nSPS) is 16.7. The van der Waals surface area contributed by atoms with Crippen LogP contribution in [-0.4, -0.2) is 62.8 Å². The van der Waals surface area contributed by atoms with E-state index in [0.717, 1.165) is 27.7 Å². The first-order chi connectivity index (χ1) is 20.6. The lowest BCUT2D eigenvalue weighted by Gasteiger charge is -2.41. The van der Waals surface area contributed by atoms with Gasteiger partial charge in [-0.3, -0.25) is 19.7 Å². The topological polar surface area (TPSA) is 150 Å². The molecule has 0 saturated carbocycles. The number of rotatable bonds is 7. The zero-order valence-electron chi connectivity index (χ0n) is 24.2. The highest BCUT2D eigenvalue weighted by molar-refractivity contribution is 5.92. The van der Waals surface area contributed by atoms with E-state index in [0.29, 0.717) is 44.7 Å². The number of fused-ring (bicyclic) bond motifs is 3. The first kappa shape index (κ1) is 28.4. The number of aromatic nitrogens is 2. The van der Waals surface area contributed by atoms with Crippen molar-refractivity contribution in [1.82, 2.24) is 20.2 Å². The van der Waals surface area contributed by atoms with Crippen LogP contribution in [0.5, 0.6) is 0 Å². The minimum absolute atomic E-state index is 0.0411. The maximum atomic E-state index is 14.0. The first-order valence-electron chi connectivity index (χ1n) is 14.5. The molecule has 4 aromatic rings. The molecule has 0 aliphatic carbocycles. The summed E-state index contributed by atoms with van der Waals surface area (Å²) in [6.45, 7) is 4.74. The lowest BCUT2D eigenvalue weighted by Crippen LogP contribution is -2.58. The lowest BCUT2D eigenvalue weighted by atomic mass is 9.74.